The van der Waals surface area contributed by atoms with Crippen LogP contribution in [0.3, 0.4) is 0 Å². The normalized spacial score (nSPS) is 15.5. The molecule has 1 aliphatic heterocycles. The van der Waals surface area contributed by atoms with E-state index in [1.54, 1.807) is 29.5 Å². The predicted octanol–water partition coefficient (Wildman–Crippen LogP) is 6.11. The summed E-state index contributed by atoms with van der Waals surface area (Å²) in [5.41, 5.74) is 5.64. The molecule has 2 aromatic heterocycles. The Morgan fingerprint density at radius 2 is 1.81 bits per heavy atom. The lowest BCUT2D eigenvalue weighted by molar-refractivity contribution is -0.875. The van der Waals surface area contributed by atoms with Gasteiger partial charge in [0.25, 0.3) is 11.5 Å². The van der Waals surface area contributed by atoms with Crippen LogP contribution in [0.1, 0.15) is 51.0 Å². The number of rotatable bonds is 8. The molecule has 0 saturated carbocycles. The first-order valence-electron chi connectivity index (χ1n) is 16.3. The van der Waals surface area contributed by atoms with Crippen LogP contribution in [0.15, 0.2) is 59.5 Å². The number of amides is 3. The lowest BCUT2D eigenvalue weighted by Gasteiger charge is -2.40. The van der Waals surface area contributed by atoms with Crippen LogP contribution in [0, 0.1) is 6.92 Å². The number of benzene rings is 2. The summed E-state index contributed by atoms with van der Waals surface area (Å²) in [5, 5.41) is 6.43. The standard InChI is InChI=1S/C36H42N6O4S/c1-5-40(3)36(45)42(17-19-46-20-18-42)23-26-12-6-8-14-29(26)37-33-35(44)41(4)22-30(38-33)27-13-10-15-28(24(27)2)39-34(43)32-21-25-11-7-9-16-31(25)47-32/h6,8,10,12-15,21-22H,5,7,9,11,16-20,23H2,1-4H3,(H-,37,38,39,43)/p+1. The van der Waals surface area contributed by atoms with E-state index in [0.29, 0.717) is 50.8 Å². The number of ether oxygens (including phenoxy) is 1. The number of anilines is 3. The van der Waals surface area contributed by atoms with E-state index in [0.717, 1.165) is 40.1 Å². The van der Waals surface area contributed by atoms with Crippen LogP contribution in [-0.4, -0.2) is 70.8 Å². The van der Waals surface area contributed by atoms with Crippen LogP contribution >= 0.6 is 11.3 Å². The summed E-state index contributed by atoms with van der Waals surface area (Å²) in [7, 11) is 3.54. The molecule has 2 aromatic carbocycles. The number of thiophene rings is 1. The fourth-order valence-electron chi connectivity index (χ4n) is 6.49. The lowest BCUT2D eigenvalue weighted by Crippen LogP contribution is -2.61. The predicted molar refractivity (Wildman–Crippen MR) is 187 cm³/mol. The van der Waals surface area contributed by atoms with Crippen molar-refractivity contribution in [2.75, 3.05) is 50.5 Å². The van der Waals surface area contributed by atoms with Gasteiger partial charge in [0.1, 0.15) is 19.6 Å². The van der Waals surface area contributed by atoms with Gasteiger partial charge in [-0.1, -0.05) is 30.3 Å². The smallest absolute Gasteiger partial charge is 0.370 e. The first-order valence-corrected chi connectivity index (χ1v) is 17.2. The van der Waals surface area contributed by atoms with E-state index in [1.165, 1.54) is 27.8 Å². The maximum Gasteiger partial charge on any atom is 0.419 e. The Kier molecular flexibility index (Phi) is 9.58. The average molecular weight is 656 g/mol. The van der Waals surface area contributed by atoms with Crippen molar-refractivity contribution in [3.63, 3.8) is 0 Å². The second-order valence-electron chi connectivity index (χ2n) is 12.5. The van der Waals surface area contributed by atoms with E-state index in [4.69, 9.17) is 9.72 Å². The summed E-state index contributed by atoms with van der Waals surface area (Å²) in [5.74, 6) is 0.0716. The largest absolute Gasteiger partial charge is 0.419 e. The minimum Gasteiger partial charge on any atom is -0.370 e. The van der Waals surface area contributed by atoms with Crippen molar-refractivity contribution in [3.8, 4) is 11.3 Å². The molecule has 3 amide bonds. The number of hydrogen-bond donors (Lipinski definition) is 2. The van der Waals surface area contributed by atoms with Crippen LogP contribution in [0.2, 0.25) is 0 Å². The average Bonchev–Trinajstić information content (AvgIpc) is 3.53. The summed E-state index contributed by atoms with van der Waals surface area (Å²) in [6.45, 7) is 7.18. The number of nitrogens with zero attached hydrogens (tertiary/aromatic N) is 4. The number of para-hydroxylation sites is 1. The molecule has 0 unspecified atom stereocenters. The number of fused-ring (bicyclic) bond motifs is 1. The van der Waals surface area contributed by atoms with E-state index in [1.807, 2.05) is 69.4 Å². The van der Waals surface area contributed by atoms with Gasteiger partial charge in [0.2, 0.25) is 0 Å². The summed E-state index contributed by atoms with van der Waals surface area (Å²) in [4.78, 5) is 48.9. The molecular weight excluding hydrogens is 613 g/mol. The molecular formula is C36H43N6O4S+. The molecule has 246 valence electrons. The van der Waals surface area contributed by atoms with Gasteiger partial charge in [-0.25, -0.2) is 14.3 Å². The Hall–Kier alpha value is -4.32. The first kappa shape index (κ1) is 32.6. The number of nitrogens with one attached hydrogen (secondary N) is 2. The van der Waals surface area contributed by atoms with Crippen molar-refractivity contribution >= 4 is 40.5 Å². The molecule has 4 aromatic rings. The lowest BCUT2D eigenvalue weighted by atomic mass is 9.99. The molecule has 6 rings (SSSR count). The van der Waals surface area contributed by atoms with Gasteiger partial charge in [-0.05, 0) is 68.9 Å². The zero-order valence-corrected chi connectivity index (χ0v) is 28.4. The van der Waals surface area contributed by atoms with E-state index < -0.39 is 0 Å². The van der Waals surface area contributed by atoms with Crippen LogP contribution < -0.4 is 16.2 Å². The zero-order chi connectivity index (χ0) is 33.1. The second kappa shape index (κ2) is 13.8. The SMILES string of the molecule is CCN(C)C(=O)[N+]1(Cc2ccccc2Nc2nc(-c3cccc(NC(=O)c4cc5c(s4)CCCC5)c3C)cn(C)c2=O)CCOCC1. The van der Waals surface area contributed by atoms with Gasteiger partial charge in [0, 0.05) is 54.2 Å². The van der Waals surface area contributed by atoms with Crippen LogP contribution in [0.25, 0.3) is 11.3 Å². The van der Waals surface area contributed by atoms with E-state index in [-0.39, 0.29) is 27.8 Å². The highest BCUT2D eigenvalue weighted by Gasteiger charge is 2.41. The Bertz CT molecular complexity index is 1830. The maximum atomic E-state index is 13.6. The number of carbonyl (C=O) groups is 2. The molecule has 0 spiro atoms. The third-order valence-electron chi connectivity index (χ3n) is 9.43. The minimum atomic E-state index is -0.274. The molecule has 1 aliphatic carbocycles. The van der Waals surface area contributed by atoms with Crippen molar-refractivity contribution < 1.29 is 18.8 Å². The van der Waals surface area contributed by atoms with Gasteiger partial charge in [-0.15, -0.1) is 11.3 Å². The van der Waals surface area contributed by atoms with Crippen molar-refractivity contribution in [1.29, 1.82) is 0 Å². The molecule has 1 saturated heterocycles. The molecule has 2 aliphatic rings. The number of morpholine rings is 1. The maximum absolute atomic E-state index is 13.6. The quantitative estimate of drug-likeness (QED) is 0.222. The molecule has 0 bridgehead atoms. The van der Waals surface area contributed by atoms with Gasteiger partial charge >= 0.3 is 6.03 Å². The minimum absolute atomic E-state index is 0.0581. The van der Waals surface area contributed by atoms with Crippen LogP contribution in [0.5, 0.6) is 0 Å². The molecule has 0 atom stereocenters. The summed E-state index contributed by atoms with van der Waals surface area (Å²) >= 11 is 1.59. The Morgan fingerprint density at radius 3 is 2.57 bits per heavy atom. The fraction of sp³-hybridized carbons (Fsp3) is 0.389. The van der Waals surface area contributed by atoms with Crippen molar-refractivity contribution in [1.82, 2.24) is 14.5 Å². The number of aromatic nitrogens is 2. The molecule has 1 fully saturated rings. The highest BCUT2D eigenvalue weighted by molar-refractivity contribution is 7.14. The summed E-state index contributed by atoms with van der Waals surface area (Å²) in [6.07, 6.45) is 6.15. The Balaban J connectivity index is 1.28. The number of quaternary nitrogens is 1. The number of urea groups is 1. The second-order valence-corrected chi connectivity index (χ2v) is 13.7. The Labute approximate surface area is 279 Å². The van der Waals surface area contributed by atoms with Gasteiger partial charge in [-0.3, -0.25) is 14.5 Å². The highest BCUT2D eigenvalue weighted by Crippen LogP contribution is 2.32. The molecule has 2 N–H and O–H groups in total. The molecule has 10 nitrogen and oxygen atoms in total. The van der Waals surface area contributed by atoms with Gasteiger partial charge < -0.3 is 19.9 Å². The Morgan fingerprint density at radius 1 is 1.06 bits per heavy atom. The third kappa shape index (κ3) is 6.74. The number of aryl methyl sites for hydroxylation is 3. The molecule has 0 radical (unpaired) electrons. The van der Waals surface area contributed by atoms with E-state index in [9.17, 15) is 14.4 Å². The van der Waals surface area contributed by atoms with E-state index in [2.05, 4.69) is 10.6 Å². The summed E-state index contributed by atoms with van der Waals surface area (Å²) in [6, 6.07) is 15.6. The monoisotopic (exact) mass is 655 g/mol. The van der Waals surface area contributed by atoms with Crippen LogP contribution in [-0.2, 0) is 31.2 Å². The number of carbonyl (C=O) groups excluding carboxylic acids is 2. The van der Waals surface area contributed by atoms with Crippen LogP contribution in [0.4, 0.5) is 22.0 Å². The molecule has 3 heterocycles. The van der Waals surface area contributed by atoms with Crippen molar-refractivity contribution in [3.05, 3.63) is 91.5 Å². The molecule has 11 heteroatoms. The van der Waals surface area contributed by atoms with E-state index >= 15 is 0 Å². The fourth-order valence-corrected chi connectivity index (χ4v) is 7.64. The topological polar surface area (TPSA) is 106 Å². The third-order valence-corrected chi connectivity index (χ3v) is 10.7. The van der Waals surface area contributed by atoms with Gasteiger partial charge in [-0.2, -0.15) is 0 Å². The zero-order valence-electron chi connectivity index (χ0n) is 27.6. The van der Waals surface area contributed by atoms with Gasteiger partial charge in [0.15, 0.2) is 5.82 Å². The highest BCUT2D eigenvalue weighted by atomic mass is 32.1. The van der Waals surface area contributed by atoms with Crippen molar-refractivity contribution in [2.45, 2.75) is 46.1 Å². The molecule has 47 heavy (non-hydrogen) atoms. The first-order chi connectivity index (χ1) is 22.7. The van der Waals surface area contributed by atoms with Crippen molar-refractivity contribution in [2.24, 2.45) is 7.05 Å². The number of hydrogen-bond acceptors (Lipinski definition) is 7. The van der Waals surface area contributed by atoms with Gasteiger partial charge in [0.05, 0.1) is 23.8 Å². The summed E-state index contributed by atoms with van der Waals surface area (Å²) < 4.78 is 7.40.